The van der Waals surface area contributed by atoms with Crippen LogP contribution < -0.4 is 4.90 Å². The smallest absolute Gasteiger partial charge is 0.301 e. The Hall–Kier alpha value is -3.05. The number of benzene rings is 3. The number of Topliss-reactive ketones (excluding diaryl/α,β-unsaturated/α-hetero) is 1. The molecule has 0 saturated carbocycles. The van der Waals surface area contributed by atoms with E-state index in [1.807, 2.05) is 0 Å². The third-order valence-corrected chi connectivity index (χ3v) is 8.54. The van der Waals surface area contributed by atoms with Crippen LogP contribution in [-0.4, -0.2) is 27.0 Å². The number of anilines is 1. The molecule has 0 aliphatic carbocycles. The van der Waals surface area contributed by atoms with Gasteiger partial charge in [0.1, 0.15) is 11.6 Å². The lowest BCUT2D eigenvalue weighted by molar-refractivity contribution is -0.132. The van der Waals surface area contributed by atoms with Crippen LogP contribution in [0.2, 0.25) is 5.02 Å². The van der Waals surface area contributed by atoms with Crippen molar-refractivity contribution >= 4 is 73.2 Å². The lowest BCUT2D eigenvalue weighted by Gasteiger charge is -2.22. The fourth-order valence-corrected chi connectivity index (χ4v) is 6.11. The Kier molecular flexibility index (Phi) is 7.43. The molecule has 0 bridgehead atoms. The summed E-state index contributed by atoms with van der Waals surface area (Å²) in [6, 6.07) is 18.9. The van der Waals surface area contributed by atoms with Crippen LogP contribution in [0.4, 0.5) is 9.52 Å². The van der Waals surface area contributed by atoms with Gasteiger partial charge in [-0.1, -0.05) is 81.0 Å². The van der Waals surface area contributed by atoms with E-state index in [-0.39, 0.29) is 22.3 Å². The van der Waals surface area contributed by atoms with Gasteiger partial charge in [-0.3, -0.25) is 14.5 Å². The van der Waals surface area contributed by atoms with Gasteiger partial charge in [0.15, 0.2) is 4.34 Å². The molecule has 6 nitrogen and oxygen atoms in total. The summed E-state index contributed by atoms with van der Waals surface area (Å²) in [6.07, 6.45) is 0. The molecule has 1 aromatic heterocycles. The Labute approximate surface area is 232 Å². The molecule has 1 fully saturated rings. The number of ketones is 1. The molecule has 5 rings (SSSR count). The molecule has 1 atom stereocenters. The van der Waals surface area contributed by atoms with E-state index in [0.717, 1.165) is 15.8 Å². The second kappa shape index (κ2) is 10.7. The minimum Gasteiger partial charge on any atom is -0.507 e. The van der Waals surface area contributed by atoms with E-state index in [0.29, 0.717) is 31.8 Å². The number of thioether (sulfide) groups is 1. The highest BCUT2D eigenvalue weighted by Gasteiger charge is 2.48. The standard InChI is InChI=1S/C26H16BrClFN3O3S2/c27-17-9-5-14(6-10-17)21-20(22(33)15-7-11-18(28)12-8-15)23(34)24(35)32(21)25-30-31-26(37-25)36-13-16-3-1-2-4-19(16)29/h1-12,21,33H,13H2/b22-20-. The van der Waals surface area contributed by atoms with Crippen LogP contribution >= 0.6 is 50.6 Å². The Morgan fingerprint density at radius 2 is 1.76 bits per heavy atom. The molecule has 1 saturated heterocycles. The lowest BCUT2D eigenvalue weighted by atomic mass is 9.95. The number of carbonyl (C=O) groups is 2. The van der Waals surface area contributed by atoms with E-state index >= 15 is 0 Å². The fourth-order valence-electron chi connectivity index (χ4n) is 3.87. The molecular weight excluding hydrogens is 601 g/mol. The number of amides is 1. The highest BCUT2D eigenvalue weighted by molar-refractivity contribution is 9.10. The molecule has 3 aromatic carbocycles. The topological polar surface area (TPSA) is 83.4 Å². The fraction of sp³-hybridized carbons (Fsp3) is 0.0769. The number of carbonyl (C=O) groups excluding carboxylic acids is 2. The first-order valence-corrected chi connectivity index (χ1v) is 13.8. The van der Waals surface area contributed by atoms with E-state index in [1.165, 1.54) is 22.7 Å². The normalized spacial score (nSPS) is 16.9. The summed E-state index contributed by atoms with van der Waals surface area (Å²) in [4.78, 5) is 27.8. The minimum atomic E-state index is -0.929. The van der Waals surface area contributed by atoms with E-state index in [4.69, 9.17) is 11.6 Å². The van der Waals surface area contributed by atoms with Crippen molar-refractivity contribution in [1.29, 1.82) is 0 Å². The van der Waals surface area contributed by atoms with E-state index < -0.39 is 17.7 Å². The van der Waals surface area contributed by atoms with Crippen molar-refractivity contribution in [3.63, 3.8) is 0 Å². The molecular formula is C26H16BrClFN3O3S2. The maximum absolute atomic E-state index is 14.0. The number of hydrogen-bond acceptors (Lipinski definition) is 7. The highest BCUT2D eigenvalue weighted by Crippen LogP contribution is 2.44. The Morgan fingerprint density at radius 3 is 2.46 bits per heavy atom. The van der Waals surface area contributed by atoms with E-state index in [9.17, 15) is 19.1 Å². The van der Waals surface area contributed by atoms with Gasteiger partial charge >= 0.3 is 5.91 Å². The zero-order valence-electron chi connectivity index (χ0n) is 18.8. The molecule has 1 amide bonds. The first-order valence-electron chi connectivity index (χ1n) is 10.9. The first kappa shape index (κ1) is 25.6. The number of hydrogen-bond donors (Lipinski definition) is 1. The van der Waals surface area contributed by atoms with Crippen molar-refractivity contribution in [2.24, 2.45) is 0 Å². The SMILES string of the molecule is O=C1C(=O)N(c2nnc(SCc3ccccc3F)s2)C(c2ccc(Br)cc2)/C1=C(/O)c1ccc(Cl)cc1. The number of aromatic nitrogens is 2. The third kappa shape index (κ3) is 5.19. The van der Waals surface area contributed by atoms with Crippen molar-refractivity contribution in [2.45, 2.75) is 16.1 Å². The van der Waals surface area contributed by atoms with Crippen LogP contribution in [-0.2, 0) is 15.3 Å². The number of aliphatic hydroxyl groups is 1. The maximum atomic E-state index is 14.0. The summed E-state index contributed by atoms with van der Waals surface area (Å²) in [5, 5.41) is 20.1. The third-order valence-electron chi connectivity index (χ3n) is 5.66. The number of aliphatic hydroxyl groups excluding tert-OH is 1. The Balaban J connectivity index is 1.54. The lowest BCUT2D eigenvalue weighted by Crippen LogP contribution is -2.29. The van der Waals surface area contributed by atoms with Crippen LogP contribution in [0.5, 0.6) is 0 Å². The summed E-state index contributed by atoms with van der Waals surface area (Å²) in [7, 11) is 0. The Bertz CT molecular complexity index is 1530. The molecule has 1 aliphatic rings. The van der Waals surface area contributed by atoms with Crippen LogP contribution in [0.1, 0.15) is 22.7 Å². The molecule has 2 heterocycles. The monoisotopic (exact) mass is 615 g/mol. The molecule has 37 heavy (non-hydrogen) atoms. The summed E-state index contributed by atoms with van der Waals surface area (Å²) >= 11 is 11.8. The predicted octanol–water partition coefficient (Wildman–Crippen LogP) is 7.01. The molecule has 0 radical (unpaired) electrons. The van der Waals surface area contributed by atoms with Gasteiger partial charge in [-0.15, -0.1) is 10.2 Å². The van der Waals surface area contributed by atoms with Gasteiger partial charge in [-0.2, -0.15) is 0 Å². The second-order valence-corrected chi connectivity index (χ2v) is 11.5. The van der Waals surface area contributed by atoms with Crippen LogP contribution in [0.15, 0.2) is 87.2 Å². The maximum Gasteiger partial charge on any atom is 0.301 e. The molecule has 1 N–H and O–H groups in total. The number of rotatable bonds is 6. The van der Waals surface area contributed by atoms with Crippen molar-refractivity contribution in [1.82, 2.24) is 10.2 Å². The van der Waals surface area contributed by atoms with E-state index in [2.05, 4.69) is 26.1 Å². The summed E-state index contributed by atoms with van der Waals surface area (Å²) in [6.45, 7) is 0. The quantitative estimate of drug-likeness (QED) is 0.0825. The van der Waals surface area contributed by atoms with Gasteiger partial charge in [0.2, 0.25) is 5.13 Å². The largest absolute Gasteiger partial charge is 0.507 e. The van der Waals surface area contributed by atoms with Crippen LogP contribution in [0, 0.1) is 5.82 Å². The van der Waals surface area contributed by atoms with E-state index in [1.54, 1.807) is 66.7 Å². The van der Waals surface area contributed by atoms with Crippen molar-refractivity contribution in [3.8, 4) is 0 Å². The van der Waals surface area contributed by atoms with Gasteiger partial charge in [-0.05, 0) is 53.6 Å². The first-order chi connectivity index (χ1) is 17.8. The average Bonchev–Trinajstić information content (AvgIpc) is 3.46. The minimum absolute atomic E-state index is 0.0644. The van der Waals surface area contributed by atoms with Crippen molar-refractivity contribution < 1.29 is 19.1 Å². The van der Waals surface area contributed by atoms with Gasteiger partial charge in [0, 0.05) is 20.8 Å². The molecule has 11 heteroatoms. The highest BCUT2D eigenvalue weighted by atomic mass is 79.9. The molecule has 0 spiro atoms. The number of nitrogens with zero attached hydrogens (tertiary/aromatic N) is 3. The summed E-state index contributed by atoms with van der Waals surface area (Å²) in [5.74, 6) is -1.97. The molecule has 1 aliphatic heterocycles. The van der Waals surface area contributed by atoms with Crippen molar-refractivity contribution in [2.75, 3.05) is 4.90 Å². The van der Waals surface area contributed by atoms with Crippen LogP contribution in [0.3, 0.4) is 0 Å². The summed E-state index contributed by atoms with van der Waals surface area (Å²) < 4.78 is 15.3. The Morgan fingerprint density at radius 1 is 1.05 bits per heavy atom. The average molecular weight is 617 g/mol. The molecule has 186 valence electrons. The predicted molar refractivity (Wildman–Crippen MR) is 146 cm³/mol. The zero-order chi connectivity index (χ0) is 26.1. The van der Waals surface area contributed by atoms with Gasteiger partial charge in [-0.25, -0.2) is 4.39 Å². The van der Waals surface area contributed by atoms with Gasteiger partial charge < -0.3 is 5.11 Å². The number of halogens is 3. The zero-order valence-corrected chi connectivity index (χ0v) is 22.7. The molecule has 1 unspecified atom stereocenters. The summed E-state index contributed by atoms with van der Waals surface area (Å²) in [5.41, 5.74) is 1.41. The van der Waals surface area contributed by atoms with Crippen LogP contribution in [0.25, 0.3) is 5.76 Å². The van der Waals surface area contributed by atoms with Gasteiger partial charge in [0.25, 0.3) is 5.78 Å². The second-order valence-electron chi connectivity index (χ2n) is 7.96. The van der Waals surface area contributed by atoms with Gasteiger partial charge in [0.05, 0.1) is 11.6 Å². The molecule has 4 aromatic rings. The van der Waals surface area contributed by atoms with Crippen molar-refractivity contribution in [3.05, 3.63) is 110 Å².